The number of hydrogen-bond acceptors (Lipinski definition) is 5. The maximum Gasteiger partial charge on any atom is 0.348 e. The molecule has 6 heteroatoms. The highest BCUT2D eigenvalue weighted by Gasteiger charge is 2.34. The summed E-state index contributed by atoms with van der Waals surface area (Å²) in [4.78, 5) is 39.7. The predicted octanol–water partition coefficient (Wildman–Crippen LogP) is 3.08. The molecule has 2 heterocycles. The number of carbonyl (C=O) groups excluding carboxylic acids is 3. The fraction of sp³-hybridized carbons (Fsp3) is 0.316. The van der Waals surface area contributed by atoms with Gasteiger partial charge in [-0.2, -0.15) is 0 Å². The Balaban J connectivity index is 1.37. The van der Waals surface area contributed by atoms with Crippen LogP contribution < -0.4 is 0 Å². The summed E-state index contributed by atoms with van der Waals surface area (Å²) in [7, 11) is 0. The molecule has 0 radical (unpaired) electrons. The molecule has 2 amide bonds. The lowest BCUT2D eigenvalue weighted by Gasteiger charge is -2.13. The SMILES string of the molecule is O=C(OCCN1C(=O)c2ccccc2C1=O)c1cc2c(s1)CCCC2. The zero-order valence-electron chi connectivity index (χ0n) is 13.6. The molecule has 0 spiro atoms. The molecule has 1 aliphatic carbocycles. The van der Waals surface area contributed by atoms with Crippen LogP contribution in [0.5, 0.6) is 0 Å². The van der Waals surface area contributed by atoms with Gasteiger partial charge in [0.2, 0.25) is 0 Å². The summed E-state index contributed by atoms with van der Waals surface area (Å²) in [5.74, 6) is -1.04. The number of fused-ring (bicyclic) bond motifs is 2. The van der Waals surface area contributed by atoms with Gasteiger partial charge in [-0.15, -0.1) is 11.3 Å². The molecule has 25 heavy (non-hydrogen) atoms. The fourth-order valence-corrected chi connectivity index (χ4v) is 4.48. The van der Waals surface area contributed by atoms with E-state index in [1.807, 2.05) is 6.07 Å². The van der Waals surface area contributed by atoms with Crippen LogP contribution in [0.2, 0.25) is 0 Å². The van der Waals surface area contributed by atoms with Crippen molar-refractivity contribution in [2.45, 2.75) is 25.7 Å². The molecule has 128 valence electrons. The monoisotopic (exact) mass is 355 g/mol. The van der Waals surface area contributed by atoms with Crippen molar-refractivity contribution in [3.05, 3.63) is 56.8 Å². The van der Waals surface area contributed by atoms with Crippen molar-refractivity contribution in [2.24, 2.45) is 0 Å². The smallest absolute Gasteiger partial charge is 0.348 e. The van der Waals surface area contributed by atoms with Gasteiger partial charge in [-0.25, -0.2) is 4.79 Å². The Morgan fingerprint density at radius 3 is 2.44 bits per heavy atom. The van der Waals surface area contributed by atoms with Crippen LogP contribution in [0.3, 0.4) is 0 Å². The van der Waals surface area contributed by atoms with E-state index in [9.17, 15) is 14.4 Å². The minimum atomic E-state index is -0.379. The third-order valence-corrected chi connectivity index (χ3v) is 5.84. The van der Waals surface area contributed by atoms with Gasteiger partial charge < -0.3 is 4.74 Å². The predicted molar refractivity (Wildman–Crippen MR) is 93.1 cm³/mol. The van der Waals surface area contributed by atoms with Gasteiger partial charge in [-0.05, 0) is 49.4 Å². The molecule has 1 aliphatic heterocycles. The van der Waals surface area contributed by atoms with Crippen LogP contribution in [0.15, 0.2) is 30.3 Å². The molecule has 0 atom stereocenters. The molecule has 2 aromatic rings. The summed E-state index contributed by atoms with van der Waals surface area (Å²) in [5, 5.41) is 0. The van der Waals surface area contributed by atoms with Crippen LogP contribution in [0, 0.1) is 0 Å². The van der Waals surface area contributed by atoms with Crippen molar-refractivity contribution in [3.8, 4) is 0 Å². The first-order valence-corrected chi connectivity index (χ1v) is 9.21. The number of imide groups is 1. The first-order valence-electron chi connectivity index (χ1n) is 8.39. The summed E-state index contributed by atoms with van der Waals surface area (Å²) in [6, 6.07) is 8.65. The molecule has 5 nitrogen and oxygen atoms in total. The van der Waals surface area contributed by atoms with E-state index in [0.29, 0.717) is 16.0 Å². The number of benzene rings is 1. The van der Waals surface area contributed by atoms with E-state index in [1.165, 1.54) is 28.2 Å². The van der Waals surface area contributed by atoms with Gasteiger partial charge in [0.1, 0.15) is 11.5 Å². The molecule has 0 unspecified atom stereocenters. The number of hydrogen-bond donors (Lipinski definition) is 0. The maximum atomic E-state index is 12.3. The second-order valence-corrected chi connectivity index (χ2v) is 7.35. The highest BCUT2D eigenvalue weighted by atomic mass is 32.1. The first-order chi connectivity index (χ1) is 12.1. The average molecular weight is 355 g/mol. The van der Waals surface area contributed by atoms with Crippen LogP contribution in [0.1, 0.15) is 53.7 Å². The van der Waals surface area contributed by atoms with Gasteiger partial charge in [0.05, 0.1) is 17.7 Å². The Kier molecular flexibility index (Phi) is 4.13. The van der Waals surface area contributed by atoms with Crippen molar-refractivity contribution < 1.29 is 19.1 Å². The van der Waals surface area contributed by atoms with Crippen molar-refractivity contribution >= 4 is 29.1 Å². The van der Waals surface area contributed by atoms with E-state index >= 15 is 0 Å². The Morgan fingerprint density at radius 1 is 1.08 bits per heavy atom. The van der Waals surface area contributed by atoms with Gasteiger partial charge in [0.25, 0.3) is 11.8 Å². The third kappa shape index (κ3) is 2.87. The largest absolute Gasteiger partial charge is 0.460 e. The van der Waals surface area contributed by atoms with Gasteiger partial charge in [0, 0.05) is 4.88 Å². The standard InChI is InChI=1S/C19H17NO4S/c21-17-13-6-2-3-7-14(13)18(22)20(17)9-10-24-19(23)16-11-12-5-1-4-8-15(12)25-16/h2-3,6-7,11H,1,4-5,8-10H2. The molecule has 0 N–H and O–H groups in total. The Bertz CT molecular complexity index is 812. The molecule has 1 aromatic carbocycles. The number of amides is 2. The quantitative estimate of drug-likeness (QED) is 0.624. The zero-order valence-corrected chi connectivity index (χ0v) is 14.4. The Hall–Kier alpha value is -2.47. The molecular formula is C19H17NO4S. The first kappa shape index (κ1) is 16.0. The van der Waals surface area contributed by atoms with Gasteiger partial charge in [-0.1, -0.05) is 12.1 Å². The number of ether oxygens (including phenoxy) is 1. The Morgan fingerprint density at radius 2 is 1.76 bits per heavy atom. The van der Waals surface area contributed by atoms with E-state index in [1.54, 1.807) is 24.3 Å². The van der Waals surface area contributed by atoms with Crippen molar-refractivity contribution in [2.75, 3.05) is 13.2 Å². The third-order valence-electron chi connectivity index (χ3n) is 4.62. The summed E-state index contributed by atoms with van der Waals surface area (Å²) in [6.07, 6.45) is 4.39. The van der Waals surface area contributed by atoms with E-state index in [4.69, 9.17) is 4.74 Å². The lowest BCUT2D eigenvalue weighted by atomic mass is 9.99. The molecule has 0 fully saturated rings. The van der Waals surface area contributed by atoms with E-state index in [2.05, 4.69) is 0 Å². The summed E-state index contributed by atoms with van der Waals surface area (Å²) in [6.45, 7) is 0.0794. The second-order valence-electron chi connectivity index (χ2n) is 6.21. The van der Waals surface area contributed by atoms with E-state index in [0.717, 1.165) is 24.2 Å². The van der Waals surface area contributed by atoms with Crippen LogP contribution in [0.4, 0.5) is 0 Å². The lowest BCUT2D eigenvalue weighted by molar-refractivity contribution is 0.0424. The van der Waals surface area contributed by atoms with Crippen molar-refractivity contribution in [1.29, 1.82) is 0 Å². The number of nitrogens with zero attached hydrogens (tertiary/aromatic N) is 1. The van der Waals surface area contributed by atoms with Crippen LogP contribution in [-0.4, -0.2) is 35.8 Å². The number of esters is 1. The molecule has 0 bridgehead atoms. The number of rotatable bonds is 4. The second kappa shape index (κ2) is 6.44. The highest BCUT2D eigenvalue weighted by molar-refractivity contribution is 7.14. The molecule has 0 saturated heterocycles. The lowest BCUT2D eigenvalue weighted by Crippen LogP contribution is -2.33. The van der Waals surface area contributed by atoms with Crippen LogP contribution in [-0.2, 0) is 17.6 Å². The Labute approximate surface area is 149 Å². The minimum absolute atomic E-state index is 0.00681. The number of thiophene rings is 1. The van der Waals surface area contributed by atoms with Crippen LogP contribution >= 0.6 is 11.3 Å². The summed E-state index contributed by atoms with van der Waals surface area (Å²) < 4.78 is 5.29. The topological polar surface area (TPSA) is 63.7 Å². The number of aryl methyl sites for hydroxylation is 2. The van der Waals surface area contributed by atoms with Gasteiger partial charge in [-0.3, -0.25) is 14.5 Å². The van der Waals surface area contributed by atoms with Crippen molar-refractivity contribution in [3.63, 3.8) is 0 Å². The average Bonchev–Trinajstić information content (AvgIpc) is 3.17. The fourth-order valence-electron chi connectivity index (χ4n) is 3.33. The van der Waals surface area contributed by atoms with Crippen molar-refractivity contribution in [1.82, 2.24) is 4.90 Å². The normalized spacial score (nSPS) is 15.9. The molecule has 2 aliphatic rings. The maximum absolute atomic E-state index is 12.3. The van der Waals surface area contributed by atoms with Gasteiger partial charge >= 0.3 is 5.97 Å². The van der Waals surface area contributed by atoms with E-state index in [-0.39, 0.29) is 30.9 Å². The summed E-state index contributed by atoms with van der Waals surface area (Å²) in [5.41, 5.74) is 2.07. The molecule has 0 saturated carbocycles. The zero-order chi connectivity index (χ0) is 17.4. The molecular weight excluding hydrogens is 338 g/mol. The highest BCUT2D eigenvalue weighted by Crippen LogP contribution is 2.30. The van der Waals surface area contributed by atoms with E-state index < -0.39 is 0 Å². The van der Waals surface area contributed by atoms with Crippen LogP contribution in [0.25, 0.3) is 0 Å². The number of carbonyl (C=O) groups is 3. The van der Waals surface area contributed by atoms with Gasteiger partial charge in [0.15, 0.2) is 0 Å². The molecule has 1 aromatic heterocycles. The molecule has 4 rings (SSSR count). The minimum Gasteiger partial charge on any atom is -0.460 e. The summed E-state index contributed by atoms with van der Waals surface area (Å²) >= 11 is 1.49.